The third-order valence-electron chi connectivity index (χ3n) is 3.44. The van der Waals surface area contributed by atoms with Gasteiger partial charge in [0.25, 0.3) is 0 Å². The zero-order valence-corrected chi connectivity index (χ0v) is 8.42. The second kappa shape index (κ2) is 3.66. The van der Waals surface area contributed by atoms with E-state index in [2.05, 4.69) is 13.8 Å². The van der Waals surface area contributed by atoms with Crippen molar-refractivity contribution in [3.8, 4) is 0 Å². The van der Waals surface area contributed by atoms with Crippen LogP contribution in [0.3, 0.4) is 0 Å². The highest BCUT2D eigenvalue weighted by Gasteiger charge is 2.41. The van der Waals surface area contributed by atoms with Crippen molar-refractivity contribution in [2.45, 2.75) is 33.1 Å². The summed E-state index contributed by atoms with van der Waals surface area (Å²) in [7, 11) is 0. The summed E-state index contributed by atoms with van der Waals surface area (Å²) in [6, 6.07) is 0. The minimum atomic E-state index is -0.716. The minimum absolute atomic E-state index is 0.120. The van der Waals surface area contributed by atoms with Gasteiger partial charge in [-0.1, -0.05) is 13.8 Å². The Morgan fingerprint density at radius 1 is 1.46 bits per heavy atom. The lowest BCUT2D eigenvalue weighted by Crippen LogP contribution is -2.30. The summed E-state index contributed by atoms with van der Waals surface area (Å²) < 4.78 is 0. The first-order valence-electron chi connectivity index (χ1n) is 4.91. The van der Waals surface area contributed by atoms with Crippen LogP contribution in [0.4, 0.5) is 0 Å². The van der Waals surface area contributed by atoms with Crippen LogP contribution in [-0.4, -0.2) is 17.6 Å². The van der Waals surface area contributed by atoms with E-state index in [1.54, 1.807) is 0 Å². The molecule has 3 nitrogen and oxygen atoms in total. The molecule has 1 saturated carbocycles. The summed E-state index contributed by atoms with van der Waals surface area (Å²) in [6.45, 7) is 4.88. The molecule has 0 saturated heterocycles. The second-order valence-corrected chi connectivity index (χ2v) is 4.64. The van der Waals surface area contributed by atoms with Crippen LogP contribution in [0.25, 0.3) is 0 Å². The van der Waals surface area contributed by atoms with E-state index in [4.69, 9.17) is 10.8 Å². The van der Waals surface area contributed by atoms with Crippen LogP contribution in [0.5, 0.6) is 0 Å². The Morgan fingerprint density at radius 2 is 1.92 bits per heavy atom. The zero-order chi connectivity index (χ0) is 10.1. The maximum Gasteiger partial charge on any atom is 0.303 e. The van der Waals surface area contributed by atoms with Crippen LogP contribution in [0, 0.1) is 17.3 Å². The largest absolute Gasteiger partial charge is 0.481 e. The van der Waals surface area contributed by atoms with Crippen LogP contribution >= 0.6 is 0 Å². The second-order valence-electron chi connectivity index (χ2n) is 4.64. The van der Waals surface area contributed by atoms with E-state index in [1.807, 2.05) is 0 Å². The van der Waals surface area contributed by atoms with Crippen LogP contribution in [0.1, 0.15) is 33.1 Å². The van der Waals surface area contributed by atoms with Crippen molar-refractivity contribution in [3.05, 3.63) is 0 Å². The van der Waals surface area contributed by atoms with E-state index in [-0.39, 0.29) is 11.8 Å². The fraction of sp³-hybridized carbons (Fsp3) is 0.900. The van der Waals surface area contributed by atoms with Crippen molar-refractivity contribution in [2.24, 2.45) is 23.0 Å². The zero-order valence-electron chi connectivity index (χ0n) is 8.42. The van der Waals surface area contributed by atoms with Gasteiger partial charge < -0.3 is 10.8 Å². The molecular weight excluding hydrogens is 166 g/mol. The molecule has 76 valence electrons. The Hall–Kier alpha value is -0.570. The molecule has 0 radical (unpaired) electrons. The predicted molar refractivity (Wildman–Crippen MR) is 51.3 cm³/mol. The smallest absolute Gasteiger partial charge is 0.303 e. The van der Waals surface area contributed by atoms with Crippen molar-refractivity contribution in [3.63, 3.8) is 0 Å². The summed E-state index contributed by atoms with van der Waals surface area (Å²) in [5.74, 6) is 0.512. The highest BCUT2D eigenvalue weighted by Crippen LogP contribution is 2.46. The number of hydrogen-bond donors (Lipinski definition) is 2. The number of carboxylic acids is 1. The molecule has 3 atom stereocenters. The fourth-order valence-electron chi connectivity index (χ4n) is 2.56. The molecule has 0 aromatic carbocycles. The SMILES string of the molecule is CC1CC(CN)(CC(=O)O)C[C@@H]1C. The highest BCUT2D eigenvalue weighted by atomic mass is 16.4. The van der Waals surface area contributed by atoms with Gasteiger partial charge in [0.2, 0.25) is 0 Å². The number of aliphatic carboxylic acids is 1. The Bertz CT molecular complexity index is 193. The highest BCUT2D eigenvalue weighted by molar-refractivity contribution is 5.67. The van der Waals surface area contributed by atoms with Gasteiger partial charge in [-0.25, -0.2) is 0 Å². The molecule has 1 aliphatic rings. The molecule has 0 spiro atoms. The van der Waals surface area contributed by atoms with E-state index in [9.17, 15) is 4.79 Å². The third-order valence-corrected chi connectivity index (χ3v) is 3.44. The predicted octanol–water partition coefficient (Wildman–Crippen LogP) is 1.47. The lowest BCUT2D eigenvalue weighted by Gasteiger charge is -2.25. The van der Waals surface area contributed by atoms with Gasteiger partial charge in [0, 0.05) is 0 Å². The molecule has 0 aromatic heterocycles. The van der Waals surface area contributed by atoms with Gasteiger partial charge in [-0.15, -0.1) is 0 Å². The fourth-order valence-corrected chi connectivity index (χ4v) is 2.56. The molecule has 0 aliphatic heterocycles. The van der Waals surface area contributed by atoms with Crippen molar-refractivity contribution in [2.75, 3.05) is 6.54 Å². The van der Waals surface area contributed by atoms with E-state index in [1.165, 1.54) is 0 Å². The average Bonchev–Trinajstić information content (AvgIpc) is 2.27. The van der Waals surface area contributed by atoms with Gasteiger partial charge in [0.05, 0.1) is 6.42 Å². The van der Waals surface area contributed by atoms with Gasteiger partial charge in [-0.2, -0.15) is 0 Å². The van der Waals surface area contributed by atoms with Crippen molar-refractivity contribution < 1.29 is 9.90 Å². The summed E-state index contributed by atoms with van der Waals surface area (Å²) >= 11 is 0. The van der Waals surface area contributed by atoms with Gasteiger partial charge in [-0.05, 0) is 36.6 Å². The molecule has 1 aliphatic carbocycles. The number of rotatable bonds is 3. The topological polar surface area (TPSA) is 63.3 Å². The molecule has 3 heteroatoms. The normalized spacial score (nSPS) is 39.3. The number of nitrogens with two attached hydrogens (primary N) is 1. The lowest BCUT2D eigenvalue weighted by atomic mass is 9.82. The quantitative estimate of drug-likeness (QED) is 0.700. The third kappa shape index (κ3) is 2.21. The Labute approximate surface area is 79.3 Å². The number of hydrogen-bond acceptors (Lipinski definition) is 2. The monoisotopic (exact) mass is 185 g/mol. The van der Waals surface area contributed by atoms with Crippen LogP contribution in [-0.2, 0) is 4.79 Å². The maximum absolute atomic E-state index is 10.7. The summed E-state index contributed by atoms with van der Waals surface area (Å²) in [6.07, 6.45) is 2.17. The first-order chi connectivity index (χ1) is 5.99. The van der Waals surface area contributed by atoms with Gasteiger partial charge in [0.15, 0.2) is 0 Å². The number of carboxylic acid groups (broad SMARTS) is 1. The summed E-state index contributed by atoms with van der Waals surface area (Å²) in [5.41, 5.74) is 5.56. The first-order valence-corrected chi connectivity index (χ1v) is 4.91. The van der Waals surface area contributed by atoms with E-state index in [0.717, 1.165) is 12.8 Å². The molecule has 1 fully saturated rings. The van der Waals surface area contributed by atoms with Crippen molar-refractivity contribution in [1.82, 2.24) is 0 Å². The lowest BCUT2D eigenvalue weighted by molar-refractivity contribution is -0.139. The Morgan fingerprint density at radius 3 is 2.23 bits per heavy atom. The Balaban J connectivity index is 2.67. The van der Waals surface area contributed by atoms with Crippen LogP contribution < -0.4 is 5.73 Å². The average molecular weight is 185 g/mol. The first kappa shape index (κ1) is 10.5. The van der Waals surface area contributed by atoms with E-state index >= 15 is 0 Å². The minimum Gasteiger partial charge on any atom is -0.481 e. The molecular formula is C10H19NO2. The van der Waals surface area contributed by atoms with Crippen LogP contribution in [0.15, 0.2) is 0 Å². The summed E-state index contributed by atoms with van der Waals surface area (Å²) in [4.78, 5) is 10.7. The van der Waals surface area contributed by atoms with Crippen molar-refractivity contribution >= 4 is 5.97 Å². The van der Waals surface area contributed by atoms with E-state index < -0.39 is 5.97 Å². The van der Waals surface area contributed by atoms with Crippen molar-refractivity contribution in [1.29, 1.82) is 0 Å². The Kier molecular flexibility index (Phi) is 2.96. The summed E-state index contributed by atoms with van der Waals surface area (Å²) in [5, 5.41) is 8.79. The van der Waals surface area contributed by atoms with Crippen LogP contribution in [0.2, 0.25) is 0 Å². The molecule has 2 unspecified atom stereocenters. The molecule has 0 bridgehead atoms. The molecule has 0 aromatic rings. The standard InChI is InChI=1S/C10H19NO2/c1-7-3-10(6-11,4-8(7)2)5-9(12)13/h7-8H,3-6,11H2,1-2H3,(H,12,13)/t7-,8?,10?/m0/s1. The molecule has 13 heavy (non-hydrogen) atoms. The number of carbonyl (C=O) groups is 1. The van der Waals surface area contributed by atoms with Gasteiger partial charge >= 0.3 is 5.97 Å². The molecule has 1 rings (SSSR count). The van der Waals surface area contributed by atoms with E-state index in [0.29, 0.717) is 18.4 Å². The molecule has 0 amide bonds. The van der Waals surface area contributed by atoms with Gasteiger partial charge in [-0.3, -0.25) is 4.79 Å². The molecule has 3 N–H and O–H groups in total. The maximum atomic E-state index is 10.7. The molecule has 0 heterocycles. The van der Waals surface area contributed by atoms with Gasteiger partial charge in [0.1, 0.15) is 0 Å².